The van der Waals surface area contributed by atoms with E-state index < -0.39 is 0 Å². The largest absolute Gasteiger partial charge is 0.395 e. The van der Waals surface area contributed by atoms with Gasteiger partial charge in [-0.15, -0.1) is 0 Å². The molecule has 1 aliphatic carbocycles. The lowest BCUT2D eigenvalue weighted by atomic mass is 10.2. The normalized spacial score (nSPS) is 13.9. The lowest BCUT2D eigenvalue weighted by molar-refractivity contribution is -0.125. The fourth-order valence-corrected chi connectivity index (χ4v) is 2.49. The number of carbonyl (C=O) groups excluding carboxylic acids is 2. The summed E-state index contributed by atoms with van der Waals surface area (Å²) in [7, 11) is 0. The Morgan fingerprint density at radius 2 is 2.09 bits per heavy atom. The van der Waals surface area contributed by atoms with Crippen LogP contribution in [0.5, 0.6) is 0 Å². The van der Waals surface area contributed by atoms with Gasteiger partial charge in [0.25, 0.3) is 0 Å². The number of nitrogens with zero attached hydrogens (tertiary/aromatic N) is 1. The number of benzene rings is 1. The van der Waals surface area contributed by atoms with E-state index in [9.17, 15) is 9.59 Å². The number of carbonyl (C=O) groups is 2. The van der Waals surface area contributed by atoms with Crippen molar-refractivity contribution in [2.45, 2.75) is 25.8 Å². The van der Waals surface area contributed by atoms with Crippen LogP contribution in [-0.4, -0.2) is 54.1 Å². The second-order valence-electron chi connectivity index (χ2n) is 5.66. The third-order valence-electron chi connectivity index (χ3n) is 3.79. The summed E-state index contributed by atoms with van der Waals surface area (Å²) in [6, 6.07) is 5.65. The molecule has 2 amide bonds. The van der Waals surface area contributed by atoms with Gasteiger partial charge in [0, 0.05) is 23.3 Å². The Balaban J connectivity index is 1.77. The number of hydrogen-bond acceptors (Lipinski definition) is 4. The highest BCUT2D eigenvalue weighted by atomic mass is 35.5. The summed E-state index contributed by atoms with van der Waals surface area (Å²) in [6.45, 7) is 2.43. The molecule has 126 valence electrons. The quantitative estimate of drug-likeness (QED) is 0.664. The van der Waals surface area contributed by atoms with Gasteiger partial charge in [0.15, 0.2) is 0 Å². The summed E-state index contributed by atoms with van der Waals surface area (Å²) in [4.78, 5) is 25.8. The average Bonchev–Trinajstić information content (AvgIpc) is 3.34. The Labute approximate surface area is 140 Å². The van der Waals surface area contributed by atoms with E-state index in [4.69, 9.17) is 16.7 Å². The summed E-state index contributed by atoms with van der Waals surface area (Å²) < 4.78 is 0. The molecule has 0 unspecified atom stereocenters. The minimum atomic E-state index is -0.302. The molecule has 3 N–H and O–H groups in total. The molecule has 0 aromatic heterocycles. The van der Waals surface area contributed by atoms with Gasteiger partial charge in [0.05, 0.1) is 19.7 Å². The van der Waals surface area contributed by atoms with Crippen LogP contribution in [0.25, 0.3) is 0 Å². The molecule has 0 atom stereocenters. The molecule has 0 aliphatic heterocycles. The topological polar surface area (TPSA) is 81.7 Å². The molecule has 6 nitrogen and oxygen atoms in total. The fraction of sp³-hybridized carbons (Fsp3) is 0.500. The van der Waals surface area contributed by atoms with Crippen molar-refractivity contribution in [2.24, 2.45) is 0 Å². The first-order valence-corrected chi connectivity index (χ1v) is 8.05. The van der Waals surface area contributed by atoms with Gasteiger partial charge in [-0.3, -0.25) is 14.5 Å². The van der Waals surface area contributed by atoms with Crippen molar-refractivity contribution >= 4 is 29.1 Å². The first kappa shape index (κ1) is 17.7. The van der Waals surface area contributed by atoms with Crippen LogP contribution in [0.4, 0.5) is 5.69 Å². The van der Waals surface area contributed by atoms with Crippen LogP contribution in [0, 0.1) is 6.92 Å². The number of anilines is 1. The van der Waals surface area contributed by atoms with Gasteiger partial charge >= 0.3 is 0 Å². The molecule has 0 radical (unpaired) electrons. The molecular formula is C16H22ClN3O3. The van der Waals surface area contributed by atoms with Gasteiger partial charge in [-0.25, -0.2) is 0 Å². The number of amides is 2. The maximum absolute atomic E-state index is 11.9. The van der Waals surface area contributed by atoms with Gasteiger partial charge in [-0.1, -0.05) is 17.7 Å². The Hall–Kier alpha value is -1.63. The van der Waals surface area contributed by atoms with Crippen LogP contribution in [0.1, 0.15) is 18.4 Å². The van der Waals surface area contributed by atoms with Crippen molar-refractivity contribution < 1.29 is 14.7 Å². The highest BCUT2D eigenvalue weighted by Gasteiger charge is 2.29. The van der Waals surface area contributed by atoms with Crippen molar-refractivity contribution in [1.29, 1.82) is 0 Å². The molecule has 1 aliphatic rings. The van der Waals surface area contributed by atoms with E-state index in [-0.39, 0.29) is 31.5 Å². The Morgan fingerprint density at radius 3 is 2.74 bits per heavy atom. The smallest absolute Gasteiger partial charge is 0.243 e. The van der Waals surface area contributed by atoms with Crippen molar-refractivity contribution in [3.63, 3.8) is 0 Å². The maximum Gasteiger partial charge on any atom is 0.243 e. The van der Waals surface area contributed by atoms with E-state index in [2.05, 4.69) is 10.6 Å². The zero-order valence-electron chi connectivity index (χ0n) is 13.1. The zero-order valence-corrected chi connectivity index (χ0v) is 13.9. The minimum absolute atomic E-state index is 0.0261. The predicted molar refractivity (Wildman–Crippen MR) is 89.5 cm³/mol. The van der Waals surface area contributed by atoms with E-state index >= 15 is 0 Å². The van der Waals surface area contributed by atoms with Gasteiger partial charge < -0.3 is 15.7 Å². The Bertz CT molecular complexity index is 576. The van der Waals surface area contributed by atoms with Crippen LogP contribution in [-0.2, 0) is 9.59 Å². The number of aliphatic hydroxyl groups excluding tert-OH is 1. The van der Waals surface area contributed by atoms with Gasteiger partial charge in [0.2, 0.25) is 11.8 Å². The second kappa shape index (κ2) is 8.29. The van der Waals surface area contributed by atoms with Gasteiger partial charge in [-0.2, -0.15) is 0 Å². The van der Waals surface area contributed by atoms with E-state index in [0.717, 1.165) is 18.4 Å². The molecule has 1 saturated carbocycles. The van der Waals surface area contributed by atoms with Crippen LogP contribution in [0.3, 0.4) is 0 Å². The van der Waals surface area contributed by atoms with E-state index in [1.807, 2.05) is 11.8 Å². The van der Waals surface area contributed by atoms with Crippen LogP contribution < -0.4 is 10.6 Å². The first-order chi connectivity index (χ1) is 11.0. The number of aliphatic hydroxyl groups is 1. The fourth-order valence-electron chi connectivity index (χ4n) is 2.32. The van der Waals surface area contributed by atoms with Gasteiger partial charge in [-0.05, 0) is 37.5 Å². The average molecular weight is 340 g/mol. The molecule has 0 spiro atoms. The van der Waals surface area contributed by atoms with Crippen LogP contribution in [0.2, 0.25) is 5.02 Å². The molecule has 1 fully saturated rings. The summed E-state index contributed by atoms with van der Waals surface area (Å²) in [5, 5.41) is 14.9. The number of hydrogen-bond donors (Lipinski definition) is 3. The third-order valence-corrected chi connectivity index (χ3v) is 4.19. The molecule has 0 heterocycles. The van der Waals surface area contributed by atoms with Crippen molar-refractivity contribution in [1.82, 2.24) is 10.2 Å². The predicted octanol–water partition coefficient (Wildman–Crippen LogP) is 1.16. The molecule has 0 bridgehead atoms. The van der Waals surface area contributed by atoms with E-state index in [1.165, 1.54) is 0 Å². The van der Waals surface area contributed by atoms with Crippen molar-refractivity contribution in [3.8, 4) is 0 Å². The van der Waals surface area contributed by atoms with Crippen molar-refractivity contribution in [2.75, 3.05) is 31.6 Å². The minimum Gasteiger partial charge on any atom is -0.395 e. The first-order valence-electron chi connectivity index (χ1n) is 7.68. The molecular weight excluding hydrogens is 318 g/mol. The molecule has 7 heteroatoms. The Kier molecular flexibility index (Phi) is 6.38. The van der Waals surface area contributed by atoms with Crippen molar-refractivity contribution in [3.05, 3.63) is 28.8 Å². The standard InChI is InChI=1S/C16H22ClN3O3/c1-11-13(17)3-2-4-14(11)19-15(22)9-18-16(23)10-20(7-8-21)12-5-6-12/h2-4,12,21H,5-10H2,1H3,(H,18,23)(H,19,22). The highest BCUT2D eigenvalue weighted by Crippen LogP contribution is 2.26. The summed E-state index contributed by atoms with van der Waals surface area (Å²) in [6.07, 6.45) is 2.11. The molecule has 2 rings (SSSR count). The maximum atomic E-state index is 11.9. The van der Waals surface area contributed by atoms with E-state index in [1.54, 1.807) is 18.2 Å². The summed E-state index contributed by atoms with van der Waals surface area (Å²) >= 11 is 6.00. The lowest BCUT2D eigenvalue weighted by Gasteiger charge is -2.20. The highest BCUT2D eigenvalue weighted by molar-refractivity contribution is 6.31. The summed E-state index contributed by atoms with van der Waals surface area (Å²) in [5.74, 6) is -0.521. The molecule has 1 aromatic carbocycles. The summed E-state index contributed by atoms with van der Waals surface area (Å²) in [5.41, 5.74) is 1.42. The monoisotopic (exact) mass is 339 g/mol. The second-order valence-corrected chi connectivity index (χ2v) is 6.07. The SMILES string of the molecule is Cc1c(Cl)cccc1NC(=O)CNC(=O)CN(CCO)C1CC1. The molecule has 1 aromatic rings. The van der Waals surface area contributed by atoms with E-state index in [0.29, 0.717) is 23.3 Å². The van der Waals surface area contributed by atoms with Crippen LogP contribution in [0.15, 0.2) is 18.2 Å². The van der Waals surface area contributed by atoms with Crippen LogP contribution >= 0.6 is 11.6 Å². The third kappa shape index (κ3) is 5.49. The lowest BCUT2D eigenvalue weighted by Crippen LogP contribution is -2.42. The van der Waals surface area contributed by atoms with Gasteiger partial charge in [0.1, 0.15) is 0 Å². The molecule has 23 heavy (non-hydrogen) atoms. The number of nitrogens with one attached hydrogen (secondary N) is 2. The molecule has 0 saturated heterocycles. The zero-order chi connectivity index (χ0) is 16.8. The number of rotatable bonds is 8. The number of halogens is 1. The Morgan fingerprint density at radius 1 is 1.35 bits per heavy atom.